The fraction of sp³-hybridized carbons (Fsp3) is 0.391. The van der Waals surface area contributed by atoms with Crippen molar-refractivity contribution in [2.24, 2.45) is 0 Å². The van der Waals surface area contributed by atoms with E-state index < -0.39 is 41.3 Å². The Hall–Kier alpha value is -2.99. The first kappa shape index (κ1) is 23.7. The molecular weight excluding hydrogens is 429 g/mol. The van der Waals surface area contributed by atoms with Crippen LogP contribution in [-0.4, -0.2) is 23.7 Å². The molecule has 3 rings (SSSR count). The van der Waals surface area contributed by atoms with Gasteiger partial charge >= 0.3 is 6.18 Å². The Balaban J connectivity index is 1.84. The van der Waals surface area contributed by atoms with Gasteiger partial charge < -0.3 is 5.32 Å². The van der Waals surface area contributed by atoms with Gasteiger partial charge in [0.15, 0.2) is 0 Å². The van der Waals surface area contributed by atoms with Gasteiger partial charge in [-0.25, -0.2) is 8.78 Å². The Labute approximate surface area is 182 Å². The number of halogens is 5. The second-order valence-corrected chi connectivity index (χ2v) is 7.91. The highest BCUT2D eigenvalue weighted by Crippen LogP contribution is 2.36. The molecule has 0 heterocycles. The average molecular weight is 451 g/mol. The molecule has 0 radical (unpaired) electrons. The second kappa shape index (κ2) is 9.25. The van der Waals surface area contributed by atoms with E-state index in [0.29, 0.717) is 30.9 Å². The number of carbonyl (C=O) groups excluding carboxylic acids is 1. The maximum absolute atomic E-state index is 14.0. The van der Waals surface area contributed by atoms with Gasteiger partial charge in [-0.2, -0.15) is 18.4 Å². The summed E-state index contributed by atoms with van der Waals surface area (Å²) in [6.45, 7) is 1.74. The summed E-state index contributed by atoms with van der Waals surface area (Å²) in [5.74, 6) is -2.23. The third kappa shape index (κ3) is 5.43. The summed E-state index contributed by atoms with van der Waals surface area (Å²) < 4.78 is 68.7. The van der Waals surface area contributed by atoms with Crippen LogP contribution in [0.5, 0.6) is 0 Å². The molecular formula is C23H22F5N3O. The molecule has 2 aromatic rings. The molecule has 2 unspecified atom stereocenters. The molecule has 170 valence electrons. The molecule has 2 N–H and O–H groups in total. The van der Waals surface area contributed by atoms with Gasteiger partial charge in [-0.05, 0) is 42.5 Å². The zero-order valence-corrected chi connectivity index (χ0v) is 17.3. The number of nitriles is 1. The fourth-order valence-electron chi connectivity index (χ4n) is 3.45. The SMILES string of the molecule is CCCC(NC(c1ccc(-c2ccc(F)cc2F)cc1)C(F)(F)F)C(=O)NC1(C#N)CC1. The maximum atomic E-state index is 14.0. The monoisotopic (exact) mass is 451 g/mol. The quantitative estimate of drug-likeness (QED) is 0.545. The van der Waals surface area contributed by atoms with Crippen molar-refractivity contribution < 1.29 is 26.7 Å². The van der Waals surface area contributed by atoms with Crippen molar-refractivity contribution >= 4 is 5.91 Å². The summed E-state index contributed by atoms with van der Waals surface area (Å²) in [7, 11) is 0. The molecule has 0 bridgehead atoms. The number of hydrogen-bond donors (Lipinski definition) is 2. The van der Waals surface area contributed by atoms with Crippen LogP contribution in [0.2, 0.25) is 0 Å². The fourth-order valence-corrected chi connectivity index (χ4v) is 3.45. The standard InChI is InChI=1S/C23H22F5N3O/c1-2-3-19(21(32)31-22(13-29)10-11-22)30-20(23(26,27)28)15-6-4-14(5-7-15)17-9-8-16(24)12-18(17)25/h4-9,12,19-20,30H,2-3,10-11H2,1H3,(H,31,32). The first-order valence-corrected chi connectivity index (χ1v) is 10.2. The topological polar surface area (TPSA) is 64.9 Å². The van der Waals surface area contributed by atoms with Crippen molar-refractivity contribution in [2.75, 3.05) is 0 Å². The van der Waals surface area contributed by atoms with Crippen molar-refractivity contribution in [3.8, 4) is 17.2 Å². The number of nitrogens with one attached hydrogen (secondary N) is 2. The van der Waals surface area contributed by atoms with Crippen molar-refractivity contribution in [3.05, 3.63) is 59.7 Å². The Bertz CT molecular complexity index is 1010. The number of rotatable bonds is 8. The van der Waals surface area contributed by atoms with Crippen LogP contribution in [0.15, 0.2) is 42.5 Å². The van der Waals surface area contributed by atoms with E-state index in [9.17, 15) is 26.7 Å². The van der Waals surface area contributed by atoms with Crippen LogP contribution >= 0.6 is 0 Å². The summed E-state index contributed by atoms with van der Waals surface area (Å²) in [5.41, 5.74) is -0.790. The van der Waals surface area contributed by atoms with E-state index in [1.807, 2.05) is 6.07 Å². The predicted molar refractivity (Wildman–Crippen MR) is 108 cm³/mol. The summed E-state index contributed by atoms with van der Waals surface area (Å²) >= 11 is 0. The molecule has 0 saturated heterocycles. The van der Waals surface area contributed by atoms with E-state index in [-0.39, 0.29) is 17.5 Å². The molecule has 4 nitrogen and oxygen atoms in total. The Morgan fingerprint density at radius 1 is 1.16 bits per heavy atom. The van der Waals surface area contributed by atoms with Crippen LogP contribution in [0, 0.1) is 23.0 Å². The highest BCUT2D eigenvalue weighted by molar-refractivity contribution is 5.83. The highest BCUT2D eigenvalue weighted by Gasteiger charge is 2.47. The minimum Gasteiger partial charge on any atom is -0.336 e. The van der Waals surface area contributed by atoms with Gasteiger partial charge in [0, 0.05) is 11.6 Å². The lowest BCUT2D eigenvalue weighted by molar-refractivity contribution is -0.161. The van der Waals surface area contributed by atoms with Crippen LogP contribution in [0.4, 0.5) is 22.0 Å². The van der Waals surface area contributed by atoms with Gasteiger partial charge in [-0.3, -0.25) is 10.1 Å². The van der Waals surface area contributed by atoms with Crippen LogP contribution in [-0.2, 0) is 4.79 Å². The molecule has 1 aliphatic carbocycles. The van der Waals surface area contributed by atoms with Gasteiger partial charge in [-0.1, -0.05) is 37.6 Å². The van der Waals surface area contributed by atoms with Crippen LogP contribution < -0.4 is 10.6 Å². The predicted octanol–water partition coefficient (Wildman–Crippen LogP) is 5.17. The number of hydrogen-bond acceptors (Lipinski definition) is 3. The van der Waals surface area contributed by atoms with Crippen molar-refractivity contribution in [1.29, 1.82) is 5.26 Å². The lowest BCUT2D eigenvalue weighted by atomic mass is 9.98. The summed E-state index contributed by atoms with van der Waals surface area (Å²) in [4.78, 5) is 12.6. The molecule has 32 heavy (non-hydrogen) atoms. The largest absolute Gasteiger partial charge is 0.407 e. The highest BCUT2D eigenvalue weighted by atomic mass is 19.4. The number of carbonyl (C=O) groups is 1. The van der Waals surface area contributed by atoms with Crippen molar-refractivity contribution in [1.82, 2.24) is 10.6 Å². The van der Waals surface area contributed by atoms with Crippen molar-refractivity contribution in [2.45, 2.75) is 56.4 Å². The van der Waals surface area contributed by atoms with Crippen LogP contribution in [0.3, 0.4) is 0 Å². The van der Waals surface area contributed by atoms with Gasteiger partial charge in [-0.15, -0.1) is 0 Å². The summed E-state index contributed by atoms with van der Waals surface area (Å²) in [6, 6.07) is 6.70. The zero-order valence-electron chi connectivity index (χ0n) is 17.3. The van der Waals surface area contributed by atoms with Crippen LogP contribution in [0.25, 0.3) is 11.1 Å². The van der Waals surface area contributed by atoms with Gasteiger partial charge in [0.25, 0.3) is 0 Å². The van der Waals surface area contributed by atoms with Gasteiger partial charge in [0.05, 0.1) is 12.1 Å². The molecule has 9 heteroatoms. The smallest absolute Gasteiger partial charge is 0.336 e. The maximum Gasteiger partial charge on any atom is 0.407 e. The molecule has 1 amide bonds. The zero-order chi connectivity index (χ0) is 23.5. The number of benzene rings is 2. The Morgan fingerprint density at radius 2 is 1.81 bits per heavy atom. The molecule has 0 spiro atoms. The first-order valence-electron chi connectivity index (χ1n) is 10.2. The van der Waals surface area contributed by atoms with E-state index >= 15 is 0 Å². The molecule has 1 fully saturated rings. The Kier molecular flexibility index (Phi) is 6.84. The van der Waals surface area contributed by atoms with E-state index in [0.717, 1.165) is 6.07 Å². The number of nitrogens with zero attached hydrogens (tertiary/aromatic N) is 1. The number of amides is 1. The molecule has 0 aliphatic heterocycles. The number of alkyl halides is 3. The Morgan fingerprint density at radius 3 is 2.31 bits per heavy atom. The normalized spacial score (nSPS) is 16.7. The van der Waals surface area contributed by atoms with Gasteiger partial charge in [0.2, 0.25) is 5.91 Å². The second-order valence-electron chi connectivity index (χ2n) is 7.91. The van der Waals surface area contributed by atoms with Gasteiger partial charge in [0.1, 0.15) is 23.2 Å². The van der Waals surface area contributed by atoms with E-state index in [1.165, 1.54) is 30.3 Å². The average Bonchev–Trinajstić information content (AvgIpc) is 3.50. The molecule has 1 saturated carbocycles. The minimum atomic E-state index is -4.71. The van der Waals surface area contributed by atoms with Crippen LogP contribution in [0.1, 0.15) is 44.2 Å². The van der Waals surface area contributed by atoms with E-state index in [1.54, 1.807) is 6.92 Å². The van der Waals surface area contributed by atoms with E-state index in [4.69, 9.17) is 5.26 Å². The third-order valence-corrected chi connectivity index (χ3v) is 5.40. The van der Waals surface area contributed by atoms with Crippen molar-refractivity contribution in [3.63, 3.8) is 0 Å². The molecule has 1 aliphatic rings. The summed E-state index contributed by atoms with van der Waals surface area (Å²) in [5, 5.41) is 14.1. The molecule has 0 aromatic heterocycles. The first-order chi connectivity index (χ1) is 15.1. The minimum absolute atomic E-state index is 0.0592. The van der Waals surface area contributed by atoms with E-state index in [2.05, 4.69) is 10.6 Å². The summed E-state index contributed by atoms with van der Waals surface area (Å²) in [6.07, 6.45) is -3.16. The molecule has 2 aromatic carbocycles. The third-order valence-electron chi connectivity index (χ3n) is 5.40. The molecule has 2 atom stereocenters. The lowest BCUT2D eigenvalue weighted by Crippen LogP contribution is -2.51. The lowest BCUT2D eigenvalue weighted by Gasteiger charge is -2.28.